The molecule has 1 aliphatic heterocycles. The molecule has 1 atom stereocenters. The summed E-state index contributed by atoms with van der Waals surface area (Å²) in [6, 6.07) is 5.44. The number of halogens is 3. The normalized spacial score (nSPS) is 15.0. The molecule has 1 aromatic heterocycles. The maximum atomic E-state index is 12.4. The molecule has 10 heteroatoms. The molecule has 0 saturated carbocycles. The molecular weight excluding hydrogens is 377 g/mol. The van der Waals surface area contributed by atoms with Gasteiger partial charge in [0, 0.05) is 49.8 Å². The van der Waals surface area contributed by atoms with Crippen molar-refractivity contribution < 1.29 is 27.8 Å². The number of carbonyl (C=O) groups is 1. The molecule has 2 aromatic rings. The van der Waals surface area contributed by atoms with Crippen molar-refractivity contribution in [3.8, 4) is 5.75 Å². The highest BCUT2D eigenvalue weighted by Crippen LogP contribution is 2.23. The average Bonchev–Trinajstić information content (AvgIpc) is 3.09. The van der Waals surface area contributed by atoms with Crippen molar-refractivity contribution in [3.05, 3.63) is 46.8 Å². The van der Waals surface area contributed by atoms with Crippen LogP contribution < -0.4 is 15.4 Å². The maximum Gasteiger partial charge on any atom is 0.573 e. The second-order valence-electron chi connectivity index (χ2n) is 6.61. The van der Waals surface area contributed by atoms with Gasteiger partial charge in [0.05, 0.1) is 0 Å². The largest absolute Gasteiger partial charge is 0.573 e. The number of rotatable bonds is 7. The fraction of sp³-hybridized carbons (Fsp3) is 0.444. The Morgan fingerprint density at radius 2 is 2.07 bits per heavy atom. The lowest BCUT2D eigenvalue weighted by Crippen LogP contribution is -2.33. The van der Waals surface area contributed by atoms with E-state index < -0.39 is 6.36 Å². The molecular formula is C18H21F3N4O3. The van der Waals surface area contributed by atoms with E-state index in [0.717, 1.165) is 29.8 Å². The first-order chi connectivity index (χ1) is 13.4. The van der Waals surface area contributed by atoms with E-state index in [1.165, 1.54) is 24.3 Å². The van der Waals surface area contributed by atoms with Gasteiger partial charge in [-0.25, -0.2) is 0 Å². The third-order valence-corrected chi connectivity index (χ3v) is 4.51. The van der Waals surface area contributed by atoms with Gasteiger partial charge < -0.3 is 20.5 Å². The van der Waals surface area contributed by atoms with E-state index in [-0.39, 0.29) is 30.7 Å². The van der Waals surface area contributed by atoms with Crippen LogP contribution in [0.3, 0.4) is 0 Å². The van der Waals surface area contributed by atoms with Crippen LogP contribution in [0, 0.1) is 5.92 Å². The summed E-state index contributed by atoms with van der Waals surface area (Å²) >= 11 is 0. The number of benzene rings is 1. The highest BCUT2D eigenvalue weighted by Gasteiger charge is 2.31. The molecule has 1 aliphatic rings. The van der Waals surface area contributed by atoms with Gasteiger partial charge in [-0.15, -0.1) is 13.2 Å². The van der Waals surface area contributed by atoms with Gasteiger partial charge in [-0.1, -0.05) is 12.1 Å². The smallest absolute Gasteiger partial charge is 0.406 e. The first kappa shape index (κ1) is 20.2. The zero-order chi connectivity index (χ0) is 20.1. The van der Waals surface area contributed by atoms with Gasteiger partial charge in [0.2, 0.25) is 0 Å². The molecule has 4 N–H and O–H groups in total. The molecule has 0 saturated heterocycles. The molecule has 0 spiro atoms. The molecule has 2 heterocycles. The number of aromatic nitrogens is 2. The zero-order valence-electron chi connectivity index (χ0n) is 15.0. The molecule has 1 unspecified atom stereocenters. The standard InChI is InChI=1S/C18H21F3N4O3/c19-18(20,21)28-13-3-1-11(2-4-13)7-12(10-26)8-23-17(27)16-14-9-22-6-5-15(14)24-25-16/h1-4,12,22,26H,5-10H2,(H,23,27)(H,24,25). The topological polar surface area (TPSA) is 99.3 Å². The van der Waals surface area contributed by atoms with Crippen LogP contribution in [0.4, 0.5) is 13.2 Å². The zero-order valence-corrected chi connectivity index (χ0v) is 15.0. The molecule has 1 aromatic carbocycles. The Labute approximate surface area is 159 Å². The van der Waals surface area contributed by atoms with Gasteiger partial charge in [0.15, 0.2) is 5.69 Å². The van der Waals surface area contributed by atoms with Crippen LogP contribution in [0.2, 0.25) is 0 Å². The van der Waals surface area contributed by atoms with E-state index in [9.17, 15) is 23.1 Å². The van der Waals surface area contributed by atoms with Crippen molar-refractivity contribution in [2.24, 2.45) is 5.92 Å². The highest BCUT2D eigenvalue weighted by molar-refractivity contribution is 5.94. The van der Waals surface area contributed by atoms with Crippen LogP contribution in [0.25, 0.3) is 0 Å². The highest BCUT2D eigenvalue weighted by atomic mass is 19.4. The average molecular weight is 398 g/mol. The molecule has 7 nitrogen and oxygen atoms in total. The van der Waals surface area contributed by atoms with Crippen LogP contribution in [0.1, 0.15) is 27.3 Å². The number of alkyl halides is 3. The van der Waals surface area contributed by atoms with Gasteiger partial charge in [-0.2, -0.15) is 5.10 Å². The summed E-state index contributed by atoms with van der Waals surface area (Å²) in [6.07, 6.45) is -3.56. The predicted octanol–water partition coefficient (Wildman–Crippen LogP) is 1.53. The number of nitrogens with one attached hydrogen (secondary N) is 3. The summed E-state index contributed by atoms with van der Waals surface area (Å²) in [7, 11) is 0. The number of H-pyrrole nitrogens is 1. The first-order valence-corrected chi connectivity index (χ1v) is 8.86. The summed E-state index contributed by atoms with van der Waals surface area (Å²) in [5, 5.41) is 22.5. The third-order valence-electron chi connectivity index (χ3n) is 4.51. The summed E-state index contributed by atoms with van der Waals surface area (Å²) in [5.74, 6) is -0.915. The maximum absolute atomic E-state index is 12.4. The predicted molar refractivity (Wildman–Crippen MR) is 93.7 cm³/mol. The third kappa shape index (κ3) is 5.23. The second kappa shape index (κ2) is 8.61. The Kier molecular flexibility index (Phi) is 6.20. The number of aliphatic hydroxyl groups excluding tert-OH is 1. The number of hydrogen-bond acceptors (Lipinski definition) is 5. The van der Waals surface area contributed by atoms with Crippen LogP contribution in [-0.4, -0.2) is 47.3 Å². The summed E-state index contributed by atoms with van der Waals surface area (Å²) in [4.78, 5) is 12.4. The van der Waals surface area contributed by atoms with E-state index in [0.29, 0.717) is 18.7 Å². The van der Waals surface area contributed by atoms with Crippen molar-refractivity contribution in [1.29, 1.82) is 0 Å². The van der Waals surface area contributed by atoms with E-state index in [1.54, 1.807) is 0 Å². The lowest BCUT2D eigenvalue weighted by Gasteiger charge is -2.16. The minimum Gasteiger partial charge on any atom is -0.406 e. The summed E-state index contributed by atoms with van der Waals surface area (Å²) < 4.78 is 40.4. The SMILES string of the molecule is O=C(NCC(CO)Cc1ccc(OC(F)(F)F)cc1)c1n[nH]c2c1CNCC2. The van der Waals surface area contributed by atoms with E-state index >= 15 is 0 Å². The Hall–Kier alpha value is -2.59. The molecule has 28 heavy (non-hydrogen) atoms. The van der Waals surface area contributed by atoms with Crippen molar-refractivity contribution in [3.63, 3.8) is 0 Å². The van der Waals surface area contributed by atoms with E-state index in [1.807, 2.05) is 0 Å². The number of fused-ring (bicyclic) bond motifs is 1. The van der Waals surface area contributed by atoms with Crippen LogP contribution in [0.5, 0.6) is 5.75 Å². The monoisotopic (exact) mass is 398 g/mol. The Morgan fingerprint density at radius 1 is 1.32 bits per heavy atom. The fourth-order valence-corrected chi connectivity index (χ4v) is 3.10. The Morgan fingerprint density at radius 3 is 2.75 bits per heavy atom. The Balaban J connectivity index is 1.54. The number of nitrogens with zero attached hydrogens (tertiary/aromatic N) is 1. The minimum absolute atomic E-state index is 0.179. The van der Waals surface area contributed by atoms with Crippen molar-refractivity contribution >= 4 is 5.91 Å². The van der Waals surface area contributed by atoms with Gasteiger partial charge in [-0.3, -0.25) is 9.89 Å². The molecule has 0 bridgehead atoms. The lowest BCUT2D eigenvalue weighted by atomic mass is 9.99. The van der Waals surface area contributed by atoms with Crippen molar-refractivity contribution in [2.45, 2.75) is 25.7 Å². The van der Waals surface area contributed by atoms with Crippen molar-refractivity contribution in [1.82, 2.24) is 20.8 Å². The molecule has 152 valence electrons. The molecule has 3 rings (SSSR count). The number of aliphatic hydroxyl groups is 1. The molecule has 1 amide bonds. The van der Waals surface area contributed by atoms with Crippen LogP contribution in [0.15, 0.2) is 24.3 Å². The number of ether oxygens (including phenoxy) is 1. The second-order valence-corrected chi connectivity index (χ2v) is 6.61. The van der Waals surface area contributed by atoms with E-state index in [2.05, 4.69) is 25.6 Å². The van der Waals surface area contributed by atoms with Crippen molar-refractivity contribution in [2.75, 3.05) is 19.7 Å². The van der Waals surface area contributed by atoms with Crippen LogP contribution in [-0.2, 0) is 19.4 Å². The number of aromatic amines is 1. The minimum atomic E-state index is -4.74. The van der Waals surface area contributed by atoms with Gasteiger partial charge >= 0.3 is 6.36 Å². The van der Waals surface area contributed by atoms with Crippen LogP contribution >= 0.6 is 0 Å². The first-order valence-electron chi connectivity index (χ1n) is 8.86. The Bertz CT molecular complexity index is 805. The number of hydrogen-bond donors (Lipinski definition) is 4. The quantitative estimate of drug-likeness (QED) is 0.567. The van der Waals surface area contributed by atoms with Gasteiger partial charge in [0.25, 0.3) is 5.91 Å². The lowest BCUT2D eigenvalue weighted by molar-refractivity contribution is -0.274. The molecule has 0 radical (unpaired) electrons. The van der Waals surface area contributed by atoms with Gasteiger partial charge in [-0.05, 0) is 24.1 Å². The summed E-state index contributed by atoms with van der Waals surface area (Å²) in [6.45, 7) is 1.44. The summed E-state index contributed by atoms with van der Waals surface area (Å²) in [5.41, 5.74) is 2.87. The fourth-order valence-electron chi connectivity index (χ4n) is 3.10. The number of carbonyl (C=O) groups excluding carboxylic acids is 1. The molecule has 0 aliphatic carbocycles. The van der Waals surface area contributed by atoms with E-state index in [4.69, 9.17) is 0 Å². The molecule has 0 fully saturated rings. The van der Waals surface area contributed by atoms with Gasteiger partial charge in [0.1, 0.15) is 5.75 Å². The number of amides is 1.